The summed E-state index contributed by atoms with van der Waals surface area (Å²) >= 11 is 0. The van der Waals surface area contributed by atoms with Gasteiger partial charge in [-0.2, -0.15) is 0 Å². The first-order valence-corrected chi connectivity index (χ1v) is 8.10. The van der Waals surface area contributed by atoms with Gasteiger partial charge in [0.05, 0.1) is 0 Å². The van der Waals surface area contributed by atoms with Crippen LogP contribution in [-0.2, 0) is 23.9 Å². The van der Waals surface area contributed by atoms with Crippen molar-refractivity contribution in [3.05, 3.63) is 0 Å². The molecule has 2 atom stereocenters. The van der Waals surface area contributed by atoms with Crippen molar-refractivity contribution in [1.29, 1.82) is 0 Å². The van der Waals surface area contributed by atoms with Crippen molar-refractivity contribution in [1.82, 2.24) is 0 Å². The Morgan fingerprint density at radius 2 is 1.91 bits per heavy atom. The zero-order valence-electron chi connectivity index (χ0n) is 13.1. The summed E-state index contributed by atoms with van der Waals surface area (Å²) in [5.74, 6) is 6.77. The monoisotopic (exact) mass is 354 g/mol. The second-order valence-corrected chi connectivity index (χ2v) is 5.53. The molecule has 0 aliphatic carbocycles. The Morgan fingerprint density at radius 1 is 1.43 bits per heavy atom. The third kappa shape index (κ3) is 21.8. The number of hydrogen-bond donors (Lipinski definition) is 1. The van der Waals surface area contributed by atoms with E-state index in [4.69, 9.17) is 4.89 Å². The molecule has 0 radical (unpaired) electrons. The summed E-state index contributed by atoms with van der Waals surface area (Å²) in [7, 11) is -9.61. The SMILES string of the molecule is C#CCOS(=O)(=O)[O-].CC#CC(CC)OC(=O)P(=O)([O-])O.[Li+].[Li+]. The van der Waals surface area contributed by atoms with Gasteiger partial charge >= 0.3 is 43.4 Å². The predicted molar refractivity (Wildman–Crippen MR) is 68.3 cm³/mol. The van der Waals surface area contributed by atoms with Gasteiger partial charge in [0.25, 0.3) is 0 Å². The quantitative estimate of drug-likeness (QED) is 0.167. The molecule has 0 rings (SSSR count). The molecule has 0 aromatic carbocycles. The van der Waals surface area contributed by atoms with Crippen molar-refractivity contribution in [3.63, 3.8) is 0 Å². The second-order valence-electron chi connectivity index (χ2n) is 3.07. The van der Waals surface area contributed by atoms with Crippen LogP contribution in [-0.4, -0.2) is 36.3 Å². The number of carbonyl (C=O) groups excluding carboxylic acids is 1. The van der Waals surface area contributed by atoms with Crippen LogP contribution in [0.5, 0.6) is 0 Å². The van der Waals surface area contributed by atoms with Crippen molar-refractivity contribution < 1.29 is 78.8 Å². The number of terminal acetylenes is 1. The first-order valence-electron chi connectivity index (χ1n) is 5.18. The van der Waals surface area contributed by atoms with Crippen LogP contribution in [0, 0.1) is 24.2 Å². The third-order valence-corrected chi connectivity index (χ3v) is 2.41. The van der Waals surface area contributed by atoms with E-state index in [-0.39, 0.29) is 37.7 Å². The van der Waals surface area contributed by atoms with E-state index in [0.717, 1.165) is 0 Å². The van der Waals surface area contributed by atoms with Crippen molar-refractivity contribution in [2.75, 3.05) is 6.61 Å². The molecule has 0 bridgehead atoms. The van der Waals surface area contributed by atoms with Crippen molar-refractivity contribution in [2.45, 2.75) is 26.4 Å². The molecule has 0 amide bonds. The summed E-state index contributed by atoms with van der Waals surface area (Å²) in [6.07, 6.45) is 4.14. The molecule has 0 aromatic rings. The third-order valence-electron chi connectivity index (χ3n) is 1.44. The van der Waals surface area contributed by atoms with Crippen LogP contribution in [0.2, 0.25) is 0 Å². The zero-order valence-corrected chi connectivity index (χ0v) is 14.8. The summed E-state index contributed by atoms with van der Waals surface area (Å²) in [5, 5.41) is 0. The van der Waals surface area contributed by atoms with E-state index < -0.39 is 36.4 Å². The number of hydrogen-bond acceptors (Lipinski definition) is 8. The van der Waals surface area contributed by atoms with Gasteiger partial charge in [-0.3, -0.25) is 8.75 Å². The molecule has 9 nitrogen and oxygen atoms in total. The van der Waals surface area contributed by atoms with Crippen LogP contribution in [0.15, 0.2) is 0 Å². The van der Waals surface area contributed by atoms with Gasteiger partial charge < -0.3 is 19.1 Å². The van der Waals surface area contributed by atoms with Gasteiger partial charge in [0.15, 0.2) is 6.10 Å². The Morgan fingerprint density at radius 3 is 2.13 bits per heavy atom. The fourth-order valence-corrected chi connectivity index (χ4v) is 1.14. The maximum absolute atomic E-state index is 10.6. The molecule has 1 N–H and O–H groups in total. The Hall–Kier alpha value is -0.195. The first kappa shape index (κ1) is 30.7. The van der Waals surface area contributed by atoms with E-state index in [0.29, 0.717) is 6.42 Å². The van der Waals surface area contributed by atoms with E-state index >= 15 is 0 Å². The average molecular weight is 354 g/mol. The number of rotatable bonds is 5. The molecular formula is C10H13Li2O9PS. The van der Waals surface area contributed by atoms with Gasteiger partial charge in [0.2, 0.25) is 18.0 Å². The Bertz CT molecular complexity index is 582. The van der Waals surface area contributed by atoms with Crippen LogP contribution in [0.3, 0.4) is 0 Å². The van der Waals surface area contributed by atoms with Gasteiger partial charge in [0.1, 0.15) is 6.61 Å². The van der Waals surface area contributed by atoms with Crippen LogP contribution in [0.4, 0.5) is 4.79 Å². The molecule has 0 saturated carbocycles. The Labute approximate surface area is 159 Å². The molecule has 0 heterocycles. The molecule has 0 aliphatic heterocycles. The Kier molecular flexibility index (Phi) is 20.4. The maximum atomic E-state index is 10.6. The maximum Gasteiger partial charge on any atom is 1.00 e. The fraction of sp³-hybridized carbons (Fsp3) is 0.500. The van der Waals surface area contributed by atoms with Crippen LogP contribution < -0.4 is 42.6 Å². The molecule has 0 spiro atoms. The van der Waals surface area contributed by atoms with Gasteiger partial charge in [-0.1, -0.05) is 18.8 Å². The van der Waals surface area contributed by atoms with Crippen molar-refractivity contribution in [3.8, 4) is 24.2 Å². The van der Waals surface area contributed by atoms with E-state index in [1.807, 2.05) is 5.92 Å². The molecule has 2 unspecified atom stereocenters. The van der Waals surface area contributed by atoms with E-state index in [2.05, 4.69) is 27.2 Å². The minimum absolute atomic E-state index is 0. The number of carbonyl (C=O) groups is 1. The standard InChI is InChI=1S/C7H11O5P.C3H4O4S.2Li/c1-3-5-6(4-2)12-7(8)13(9,10)11;1-2-3-7-8(4,5)6;;/h6H,4H2,1-2H3,(H2,9,10,11);1H,3H2,(H,4,5,6);;/q;;2*+1/p-2. The van der Waals surface area contributed by atoms with Crippen molar-refractivity contribution in [2.24, 2.45) is 0 Å². The largest absolute Gasteiger partial charge is 1.00 e. The summed E-state index contributed by atoms with van der Waals surface area (Å²) < 4.78 is 46.7. The molecule has 0 fully saturated rings. The van der Waals surface area contributed by atoms with Crippen molar-refractivity contribution >= 4 is 23.7 Å². The summed E-state index contributed by atoms with van der Waals surface area (Å²) in [4.78, 5) is 29.1. The van der Waals surface area contributed by atoms with Crippen LogP contribution >= 0.6 is 7.60 Å². The molecule has 120 valence electrons. The minimum atomic E-state index is -5.03. The topological polar surface area (TPSA) is 153 Å². The van der Waals surface area contributed by atoms with E-state index in [1.165, 1.54) is 6.92 Å². The van der Waals surface area contributed by atoms with Crippen LogP contribution in [0.1, 0.15) is 20.3 Å². The smallest absolute Gasteiger partial charge is 0.770 e. The van der Waals surface area contributed by atoms with Gasteiger partial charge in [-0.25, -0.2) is 13.2 Å². The van der Waals surface area contributed by atoms with E-state index in [9.17, 15) is 27.2 Å². The molecule has 23 heavy (non-hydrogen) atoms. The first-order chi connectivity index (χ1) is 9.47. The normalized spacial score (nSPS) is 12.9. The molecule has 0 aliphatic rings. The summed E-state index contributed by atoms with van der Waals surface area (Å²) in [5.41, 5.74) is -1.64. The Balaban J connectivity index is -0.000000158. The van der Waals surface area contributed by atoms with Gasteiger partial charge in [0, 0.05) is 0 Å². The number of ether oxygens (including phenoxy) is 1. The predicted octanol–water partition coefficient (Wildman–Crippen LogP) is -6.42. The second kappa shape index (κ2) is 15.3. The van der Waals surface area contributed by atoms with Crippen LogP contribution in [0.25, 0.3) is 0 Å². The minimum Gasteiger partial charge on any atom is -0.770 e. The summed E-state index contributed by atoms with van der Waals surface area (Å²) in [6.45, 7) is 2.72. The molecule has 0 aromatic heterocycles. The molecule has 13 heteroatoms. The molecule has 0 saturated heterocycles. The van der Waals surface area contributed by atoms with E-state index in [1.54, 1.807) is 6.92 Å². The average Bonchev–Trinajstić information content (AvgIpc) is 2.34. The summed E-state index contributed by atoms with van der Waals surface area (Å²) in [6, 6.07) is 0. The molecular weight excluding hydrogens is 341 g/mol. The zero-order chi connectivity index (χ0) is 17.1. The fourth-order valence-electron chi connectivity index (χ4n) is 0.670. The van der Waals surface area contributed by atoms with Gasteiger partial charge in [-0.15, -0.1) is 12.3 Å². The van der Waals surface area contributed by atoms with Gasteiger partial charge in [-0.05, 0) is 13.3 Å².